The first-order valence-corrected chi connectivity index (χ1v) is 20.8. The minimum atomic E-state index is 0. The molecule has 3 radical (unpaired) electrons. The fourth-order valence-electron chi connectivity index (χ4n) is 5.40. The summed E-state index contributed by atoms with van der Waals surface area (Å²) in [7, 11) is 8.31. The zero-order chi connectivity index (χ0) is 41.3. The standard InChI is InChI=1S/C9H12N2O.2C9H16N2S.C9H12N2S.C6H8N2.CH4.B.2HI.Na.H/c1-8(12)10-7-9-3-5-11(2)6-4-9;1-8-10-7-9(12-8)3-5-11(2)6-4-9;2*1-8(12)10-7-9-3-5-11(2)6-4-9;7-5-6-1-3-8-4-2-6;;;;;;/h3-6H,7H2,1-2H3;3-7H2,1-2H3;3H,4-7H2,1-2H3,(H,10,12);3-6H,7H2,1-2H3;1-4H,5,7H2;1H4;;2*1H;;/q;;;;;;;;;+1;-1. The Morgan fingerprint density at radius 3 is 1.67 bits per heavy atom. The summed E-state index contributed by atoms with van der Waals surface area (Å²) in [5.41, 5.74) is 10.3. The van der Waals surface area contributed by atoms with Gasteiger partial charge in [-0.1, -0.05) is 43.5 Å². The number of halogens is 2. The first-order valence-electron chi connectivity index (χ1n) is 19.1. The zero-order valence-electron chi connectivity index (χ0n) is 38.2. The van der Waals surface area contributed by atoms with Gasteiger partial charge in [0, 0.05) is 96.0 Å². The van der Waals surface area contributed by atoms with E-state index >= 15 is 0 Å². The number of carbonyl (C=O) groups excluding carboxylic acids is 1. The molecule has 0 bridgehead atoms. The van der Waals surface area contributed by atoms with Crippen LogP contribution in [0.2, 0.25) is 0 Å². The topological polar surface area (TPSA) is 119 Å². The van der Waals surface area contributed by atoms with Gasteiger partial charge < -0.3 is 80.9 Å². The van der Waals surface area contributed by atoms with Crippen LogP contribution in [0.25, 0.3) is 0 Å². The Bertz CT molecular complexity index is 1640. The summed E-state index contributed by atoms with van der Waals surface area (Å²) < 4.78 is 4.46. The number of nitrogens with two attached hydrogens (primary N) is 1. The number of thiocarbonyl (C=S) groups is 2. The van der Waals surface area contributed by atoms with Crippen molar-refractivity contribution in [3.63, 3.8) is 0 Å². The van der Waals surface area contributed by atoms with Crippen LogP contribution in [0.15, 0.2) is 90.2 Å². The van der Waals surface area contributed by atoms with E-state index in [1.807, 2.05) is 97.9 Å². The average molecular weight is 1130 g/mol. The summed E-state index contributed by atoms with van der Waals surface area (Å²) in [6.45, 7) is 16.2. The van der Waals surface area contributed by atoms with Crippen molar-refractivity contribution >= 4 is 65.5 Å². The summed E-state index contributed by atoms with van der Waals surface area (Å²) in [6, 6.07) is 11.9. The third-order valence-corrected chi connectivity index (χ3v) is 10.8. The molecule has 0 unspecified atom stereocenters. The second-order valence-corrected chi connectivity index (χ2v) is 17.2. The molecule has 3 aromatic heterocycles. The summed E-state index contributed by atoms with van der Waals surface area (Å²) >= 11 is 11.9. The molecule has 5 N–H and O–H groups in total. The monoisotopic (exact) mass is 1130 g/mol. The predicted molar refractivity (Wildman–Crippen MR) is 255 cm³/mol. The molecule has 1 saturated heterocycles. The van der Waals surface area contributed by atoms with Crippen LogP contribution < -0.4 is 108 Å². The SMILES string of the molecule is C.CC(=O)NCc1cc[n+](C)cc1.CC(=S)NCC1=CCN(C)CC1.CC(=S)NCc1cc[n+](C)cc1.CC1=NCC2(CCN(C)CC2)S1.NCc1ccncc1.[B].[H-].[I-].[I-].[Na+]. The average Bonchev–Trinajstić information content (AvgIpc) is 3.56. The van der Waals surface area contributed by atoms with Crippen molar-refractivity contribution in [2.24, 2.45) is 24.8 Å². The Kier molecular flexibility index (Phi) is 41.6. The third-order valence-electron chi connectivity index (χ3n) is 9.09. The van der Waals surface area contributed by atoms with Gasteiger partial charge in [0.2, 0.25) is 5.91 Å². The Balaban J connectivity index is -0.000000214. The molecule has 1 amide bonds. The van der Waals surface area contributed by atoms with Gasteiger partial charge in [-0.05, 0) is 96.0 Å². The molecule has 3 aliphatic rings. The number of carbonyl (C=O) groups is 1. The van der Waals surface area contributed by atoms with Gasteiger partial charge in [-0.3, -0.25) is 14.8 Å². The van der Waals surface area contributed by atoms with Gasteiger partial charge in [-0.15, -0.1) is 11.8 Å². The number of aliphatic imine (C=N–C) groups is 1. The fraction of sp³-hybridized carbons (Fsp3) is 0.512. The van der Waals surface area contributed by atoms with Crippen LogP contribution in [0.5, 0.6) is 0 Å². The van der Waals surface area contributed by atoms with Gasteiger partial charge in [0.25, 0.3) is 0 Å². The van der Waals surface area contributed by atoms with Crippen molar-refractivity contribution in [3.05, 3.63) is 102 Å². The number of hydrogen-bond donors (Lipinski definition) is 4. The second kappa shape index (κ2) is 38.2. The Morgan fingerprint density at radius 2 is 1.30 bits per heavy atom. The van der Waals surface area contributed by atoms with Crippen LogP contribution >= 0.6 is 36.2 Å². The maximum Gasteiger partial charge on any atom is 1.00 e. The molecule has 0 saturated carbocycles. The number of rotatable bonds is 7. The number of nitrogens with zero attached hydrogens (tertiary/aromatic N) is 6. The molecule has 3 aromatic rings. The van der Waals surface area contributed by atoms with Crippen molar-refractivity contribution in [2.45, 2.75) is 78.8 Å². The van der Waals surface area contributed by atoms with Gasteiger partial charge in [0.05, 0.1) is 21.6 Å². The molecule has 0 atom stereocenters. The van der Waals surface area contributed by atoms with E-state index in [-0.39, 0.29) is 101 Å². The number of hydrogen-bond acceptors (Lipinski definition) is 9. The Morgan fingerprint density at radius 1 is 0.820 bits per heavy atom. The van der Waals surface area contributed by atoms with Crippen LogP contribution in [0.3, 0.4) is 0 Å². The number of thioether (sulfide) groups is 1. The molecule has 3 aliphatic heterocycles. The number of pyridine rings is 3. The number of likely N-dealkylation sites (tertiary alicyclic amines) is 1. The number of amides is 1. The number of nitrogens with one attached hydrogen (secondary N) is 3. The van der Waals surface area contributed by atoms with E-state index in [1.54, 1.807) is 12.4 Å². The quantitative estimate of drug-likeness (QED) is 0.0612. The van der Waals surface area contributed by atoms with Gasteiger partial charge in [0.1, 0.15) is 14.1 Å². The smallest absolute Gasteiger partial charge is 1.00 e. The van der Waals surface area contributed by atoms with E-state index in [0.717, 1.165) is 47.3 Å². The molecule has 0 aromatic carbocycles. The van der Waals surface area contributed by atoms with Gasteiger partial charge >= 0.3 is 29.6 Å². The molecule has 6 rings (SSSR count). The van der Waals surface area contributed by atoms with Gasteiger partial charge in [0.15, 0.2) is 24.8 Å². The maximum atomic E-state index is 10.6. The number of likely N-dealkylation sites (N-methyl/N-ethyl adjacent to an activating group) is 1. The second-order valence-electron chi connectivity index (χ2n) is 14.3. The zero-order valence-corrected chi connectivity index (χ0v) is 46.0. The molecule has 61 heavy (non-hydrogen) atoms. The third kappa shape index (κ3) is 32.2. The van der Waals surface area contributed by atoms with Gasteiger partial charge in [-0.25, -0.2) is 9.13 Å². The molecule has 11 nitrogen and oxygen atoms in total. The molecule has 18 heteroatoms. The summed E-state index contributed by atoms with van der Waals surface area (Å²) in [4.78, 5) is 25.4. The molecule has 335 valence electrons. The normalized spacial score (nSPS) is 14.4. The molecule has 1 fully saturated rings. The van der Waals surface area contributed by atoms with Crippen molar-refractivity contribution in [2.75, 3.05) is 53.4 Å². The maximum absolute atomic E-state index is 10.6. The van der Waals surface area contributed by atoms with E-state index in [2.05, 4.69) is 75.0 Å². The van der Waals surface area contributed by atoms with E-state index in [0.29, 0.717) is 17.8 Å². The minimum absolute atomic E-state index is 0. The van der Waals surface area contributed by atoms with Crippen molar-refractivity contribution in [1.82, 2.24) is 30.7 Å². The molecular weight excluding hydrogens is 1060 g/mol. The summed E-state index contributed by atoms with van der Waals surface area (Å²) in [5.74, 6) is 0.00299. The van der Waals surface area contributed by atoms with Crippen molar-refractivity contribution in [1.29, 1.82) is 0 Å². The van der Waals surface area contributed by atoms with E-state index < -0.39 is 0 Å². The van der Waals surface area contributed by atoms with Gasteiger partial charge in [-0.2, -0.15) is 0 Å². The van der Waals surface area contributed by atoms with Crippen molar-refractivity contribution in [3.8, 4) is 0 Å². The largest absolute Gasteiger partial charge is 1.00 e. The van der Waals surface area contributed by atoms with E-state index in [9.17, 15) is 4.79 Å². The minimum Gasteiger partial charge on any atom is -1.00 e. The van der Waals surface area contributed by atoms with Crippen molar-refractivity contribution < 1.29 is 92.9 Å². The van der Waals surface area contributed by atoms with Crippen LogP contribution in [0, 0.1) is 0 Å². The van der Waals surface area contributed by atoms with E-state index in [4.69, 9.17) is 30.2 Å². The molecule has 0 aliphatic carbocycles. The number of aryl methyl sites for hydroxylation is 2. The first-order chi connectivity index (χ1) is 26.7. The Hall–Kier alpha value is -1.14. The Labute approximate surface area is 443 Å². The van der Waals surface area contributed by atoms with Crippen LogP contribution in [-0.2, 0) is 38.5 Å². The van der Waals surface area contributed by atoms with Crippen LogP contribution in [0.4, 0.5) is 0 Å². The first kappa shape index (κ1) is 66.5. The molecular formula is C43H71BI2N10NaOS3. The van der Waals surface area contributed by atoms with Crippen LogP contribution in [-0.4, -0.2) is 102 Å². The van der Waals surface area contributed by atoms with E-state index in [1.165, 1.54) is 62.0 Å². The number of aromatic nitrogens is 3. The molecule has 6 heterocycles. The summed E-state index contributed by atoms with van der Waals surface area (Å²) in [5, 5.41) is 10.3. The fourth-order valence-corrected chi connectivity index (χ4v) is 6.82. The van der Waals surface area contributed by atoms with Crippen LogP contribution in [0.1, 0.15) is 72.5 Å². The summed E-state index contributed by atoms with van der Waals surface area (Å²) in [6.07, 6.45) is 17.5. The predicted octanol–water partition coefficient (Wildman–Crippen LogP) is -4.18. The number of piperidine rings is 1. The molecule has 1 spiro atoms.